The number of ether oxygens (including phenoxy) is 3. The minimum absolute atomic E-state index is 0.674. The van der Waals surface area contributed by atoms with E-state index in [0.29, 0.717) is 26.4 Å². The van der Waals surface area contributed by atoms with Gasteiger partial charge in [0.25, 0.3) is 0 Å². The van der Waals surface area contributed by atoms with Gasteiger partial charge in [-0.05, 0) is 25.2 Å². The number of benzene rings is 1. The Balaban J connectivity index is 0.000000453. The Hall–Kier alpha value is -0.670. The first-order chi connectivity index (χ1) is 16.3. The second-order valence-corrected chi connectivity index (χ2v) is 8.67. The van der Waals surface area contributed by atoms with E-state index in [0.717, 1.165) is 39.4 Å². The molecule has 6 nitrogen and oxygen atoms in total. The first kappa shape index (κ1) is 32.3. The van der Waals surface area contributed by atoms with Gasteiger partial charge in [0.2, 0.25) is 0 Å². The lowest BCUT2D eigenvalue weighted by molar-refractivity contribution is -0.00269. The van der Waals surface area contributed by atoms with E-state index in [1.54, 1.807) is 0 Å². The molecule has 0 saturated carbocycles. The van der Waals surface area contributed by atoms with Crippen LogP contribution in [0, 0.1) is 0 Å². The number of nitrogens with one attached hydrogen (secondary N) is 1. The molecular formula is C26H51N3O3S. The molecule has 0 aliphatic carbocycles. The maximum absolute atomic E-state index is 5.37. The van der Waals surface area contributed by atoms with Crippen LogP contribution in [0.3, 0.4) is 0 Å². The summed E-state index contributed by atoms with van der Waals surface area (Å²) in [7, 11) is 4.23. The molecule has 194 valence electrons. The summed E-state index contributed by atoms with van der Waals surface area (Å²) in [6.07, 6.45) is 0. The summed E-state index contributed by atoms with van der Waals surface area (Å²) in [4.78, 5) is 4.53. The minimum atomic E-state index is 0.674. The van der Waals surface area contributed by atoms with Crippen molar-refractivity contribution in [1.29, 1.82) is 0 Å². The molecule has 0 unspecified atom stereocenters. The van der Waals surface area contributed by atoms with Crippen molar-refractivity contribution >= 4 is 11.8 Å². The van der Waals surface area contributed by atoms with E-state index in [9.17, 15) is 0 Å². The van der Waals surface area contributed by atoms with Crippen LogP contribution in [0.25, 0.3) is 0 Å². The fraction of sp³-hybridized carbons (Fsp3) is 0.769. The third-order valence-corrected chi connectivity index (χ3v) is 5.81. The summed E-state index contributed by atoms with van der Waals surface area (Å²) >= 11 is 2.03. The Labute approximate surface area is 208 Å². The summed E-state index contributed by atoms with van der Waals surface area (Å²) in [5.41, 5.74) is 2.98. The molecule has 3 aliphatic rings. The predicted octanol–water partition coefficient (Wildman–Crippen LogP) is 3.99. The lowest BCUT2D eigenvalue weighted by Gasteiger charge is -2.17. The number of rotatable bonds is 0. The number of hydrogen-bond acceptors (Lipinski definition) is 7. The number of fused-ring (bicyclic) bond motifs is 1. The van der Waals surface area contributed by atoms with Crippen molar-refractivity contribution in [2.24, 2.45) is 0 Å². The highest BCUT2D eigenvalue weighted by molar-refractivity contribution is 7.99. The molecule has 2 fully saturated rings. The topological polar surface area (TPSA) is 46.2 Å². The van der Waals surface area contributed by atoms with E-state index < -0.39 is 0 Å². The molecule has 0 aromatic heterocycles. The van der Waals surface area contributed by atoms with E-state index in [2.05, 4.69) is 53.5 Å². The lowest BCUT2D eigenvalue weighted by atomic mass is 10.1. The van der Waals surface area contributed by atoms with Crippen molar-refractivity contribution in [2.75, 3.05) is 91.4 Å². The maximum atomic E-state index is 5.37. The van der Waals surface area contributed by atoms with Gasteiger partial charge in [0, 0.05) is 50.8 Å². The summed E-state index contributed by atoms with van der Waals surface area (Å²) in [5, 5.41) is 3.26. The van der Waals surface area contributed by atoms with Gasteiger partial charge >= 0.3 is 0 Å². The number of hydrogen-bond donors (Lipinski definition) is 1. The van der Waals surface area contributed by atoms with Crippen LogP contribution in [0.5, 0.6) is 0 Å². The molecule has 0 amide bonds. The molecule has 1 aromatic carbocycles. The quantitative estimate of drug-likeness (QED) is 0.596. The molecule has 1 N–H and O–H groups in total. The molecular weight excluding hydrogens is 434 g/mol. The molecule has 33 heavy (non-hydrogen) atoms. The first-order valence-corrected chi connectivity index (χ1v) is 13.9. The Morgan fingerprint density at radius 2 is 1.09 bits per heavy atom. The van der Waals surface area contributed by atoms with Gasteiger partial charge in [-0.3, -0.25) is 4.90 Å². The predicted molar refractivity (Wildman–Crippen MR) is 144 cm³/mol. The molecule has 7 heteroatoms. The van der Waals surface area contributed by atoms with E-state index in [1.807, 2.05) is 39.5 Å². The van der Waals surface area contributed by atoms with Crippen molar-refractivity contribution in [3.8, 4) is 0 Å². The Morgan fingerprint density at radius 3 is 1.45 bits per heavy atom. The zero-order valence-electron chi connectivity index (χ0n) is 22.2. The molecule has 1 aromatic rings. The number of likely N-dealkylation sites (N-methyl/N-ethyl adjacent to an activating group) is 1. The zero-order valence-corrected chi connectivity index (χ0v) is 23.1. The SMILES string of the molecule is C1CSCCN1.CC.CC.CN1CCOCCOCCOCC1.CN1Cc2ccccc2C1. The van der Waals surface area contributed by atoms with Gasteiger partial charge < -0.3 is 24.4 Å². The van der Waals surface area contributed by atoms with Gasteiger partial charge in [-0.1, -0.05) is 52.0 Å². The highest BCUT2D eigenvalue weighted by Crippen LogP contribution is 2.19. The van der Waals surface area contributed by atoms with Gasteiger partial charge in [0.05, 0.1) is 39.6 Å². The lowest BCUT2D eigenvalue weighted by Crippen LogP contribution is -2.28. The summed E-state index contributed by atoms with van der Waals surface area (Å²) in [6, 6.07) is 8.63. The van der Waals surface area contributed by atoms with Crippen molar-refractivity contribution in [2.45, 2.75) is 40.8 Å². The Kier molecular flexibility index (Phi) is 24.0. The summed E-state index contributed by atoms with van der Waals surface area (Å²) < 4.78 is 16.0. The second-order valence-electron chi connectivity index (χ2n) is 7.44. The molecule has 0 radical (unpaired) electrons. The monoisotopic (exact) mass is 485 g/mol. The average molecular weight is 486 g/mol. The smallest absolute Gasteiger partial charge is 0.0701 e. The van der Waals surface area contributed by atoms with Crippen LogP contribution in [-0.4, -0.2) is 101 Å². The van der Waals surface area contributed by atoms with Crippen LogP contribution in [0.15, 0.2) is 24.3 Å². The van der Waals surface area contributed by atoms with Crippen LogP contribution in [0.4, 0.5) is 0 Å². The van der Waals surface area contributed by atoms with E-state index in [4.69, 9.17) is 14.2 Å². The highest BCUT2D eigenvalue weighted by Gasteiger charge is 2.12. The third kappa shape index (κ3) is 18.3. The molecule has 0 spiro atoms. The van der Waals surface area contributed by atoms with Gasteiger partial charge in [-0.25, -0.2) is 0 Å². The average Bonchev–Trinajstić information content (AvgIpc) is 3.26. The fourth-order valence-electron chi connectivity index (χ4n) is 3.11. The van der Waals surface area contributed by atoms with Gasteiger partial charge in [-0.15, -0.1) is 0 Å². The summed E-state index contributed by atoms with van der Waals surface area (Å²) in [6.45, 7) is 18.9. The van der Waals surface area contributed by atoms with E-state index >= 15 is 0 Å². The van der Waals surface area contributed by atoms with Crippen LogP contribution in [-0.2, 0) is 27.3 Å². The third-order valence-electron chi connectivity index (χ3n) is 4.82. The van der Waals surface area contributed by atoms with Crippen molar-refractivity contribution in [3.63, 3.8) is 0 Å². The van der Waals surface area contributed by atoms with Gasteiger partial charge in [-0.2, -0.15) is 11.8 Å². The molecule has 3 aliphatic heterocycles. The van der Waals surface area contributed by atoms with E-state index in [1.165, 1.54) is 35.7 Å². The van der Waals surface area contributed by atoms with Gasteiger partial charge in [0.15, 0.2) is 0 Å². The van der Waals surface area contributed by atoms with Crippen molar-refractivity contribution in [3.05, 3.63) is 35.4 Å². The normalized spacial score (nSPS) is 19.7. The van der Waals surface area contributed by atoms with Crippen molar-refractivity contribution < 1.29 is 14.2 Å². The molecule has 4 rings (SSSR count). The Bertz CT molecular complexity index is 485. The highest BCUT2D eigenvalue weighted by atomic mass is 32.2. The molecule has 2 saturated heterocycles. The summed E-state index contributed by atoms with van der Waals surface area (Å²) in [5.74, 6) is 2.61. The molecule has 3 heterocycles. The Morgan fingerprint density at radius 1 is 0.667 bits per heavy atom. The number of nitrogens with zero attached hydrogens (tertiary/aromatic N) is 2. The molecule has 0 bridgehead atoms. The van der Waals surface area contributed by atoms with Crippen LogP contribution in [0.1, 0.15) is 38.8 Å². The van der Waals surface area contributed by atoms with Crippen LogP contribution < -0.4 is 5.32 Å². The van der Waals surface area contributed by atoms with Crippen LogP contribution >= 0.6 is 11.8 Å². The minimum Gasteiger partial charge on any atom is -0.378 e. The first-order valence-electron chi connectivity index (χ1n) is 12.7. The molecule has 0 atom stereocenters. The maximum Gasteiger partial charge on any atom is 0.0701 e. The second kappa shape index (κ2) is 24.5. The van der Waals surface area contributed by atoms with Crippen molar-refractivity contribution in [1.82, 2.24) is 15.1 Å². The van der Waals surface area contributed by atoms with E-state index in [-0.39, 0.29) is 0 Å². The van der Waals surface area contributed by atoms with Crippen LogP contribution in [0.2, 0.25) is 0 Å². The zero-order chi connectivity index (χ0) is 24.6. The largest absolute Gasteiger partial charge is 0.378 e. The standard InChI is InChI=1S/C9H19NO3.C9H11N.C4H9NS.2C2H6/c1-10-2-4-11-6-8-13-9-7-12-5-3-10;1-10-6-8-4-2-3-5-9(8)7-10;1-3-6-4-2-5-1;2*1-2/h2-9H2,1H3;2-5H,6-7H2,1H3;5H,1-4H2;2*1-2H3. The fourth-order valence-corrected chi connectivity index (χ4v) is 3.90. The van der Waals surface area contributed by atoms with Gasteiger partial charge in [0.1, 0.15) is 0 Å². The number of thioether (sulfide) groups is 1.